The number of aromatic nitrogens is 5. The Bertz CT molecular complexity index is 1220. The number of hydrogen-bond acceptors (Lipinski definition) is 6. The van der Waals surface area contributed by atoms with Gasteiger partial charge in [-0.25, -0.2) is 28.4 Å². The zero-order valence-corrected chi connectivity index (χ0v) is 17.8. The van der Waals surface area contributed by atoms with Crippen LogP contribution >= 0.6 is 0 Å². The Balaban J connectivity index is 1.34. The minimum atomic E-state index is -4.51. The molecule has 0 radical (unpaired) electrons. The average Bonchev–Trinajstić information content (AvgIpc) is 3.33. The standard InChI is InChI=1S/C21H20F5N7O/c22-15(23)11-33-19-14(9-29-33)28-10-16(30-19)32-12-20(8-17(32)34)3-6-31(7-4-20)18-13(21(24,25)26)2-1-5-27-18/h1-2,5,9-10,15H,3-4,6-8,11-12H2. The molecule has 0 N–H and O–H groups in total. The number of halogens is 5. The van der Waals surface area contributed by atoms with E-state index in [0.29, 0.717) is 38.0 Å². The van der Waals surface area contributed by atoms with Gasteiger partial charge in [-0.2, -0.15) is 18.3 Å². The van der Waals surface area contributed by atoms with Crippen LogP contribution in [0.1, 0.15) is 24.8 Å². The summed E-state index contributed by atoms with van der Waals surface area (Å²) in [7, 11) is 0. The number of carbonyl (C=O) groups is 1. The van der Waals surface area contributed by atoms with Gasteiger partial charge in [0, 0.05) is 37.7 Å². The Kier molecular flexibility index (Phi) is 5.36. The maximum atomic E-state index is 13.4. The highest BCUT2D eigenvalue weighted by molar-refractivity contribution is 5.96. The van der Waals surface area contributed by atoms with E-state index in [1.54, 1.807) is 4.90 Å². The molecule has 0 aromatic carbocycles. The van der Waals surface area contributed by atoms with Crippen LogP contribution in [0.5, 0.6) is 0 Å². The van der Waals surface area contributed by atoms with Crippen molar-refractivity contribution < 1.29 is 26.7 Å². The molecule has 34 heavy (non-hydrogen) atoms. The Morgan fingerprint density at radius 1 is 1.12 bits per heavy atom. The number of hydrogen-bond donors (Lipinski definition) is 0. The number of carbonyl (C=O) groups excluding carboxylic acids is 1. The van der Waals surface area contributed by atoms with E-state index in [4.69, 9.17) is 0 Å². The number of pyridine rings is 1. The predicted molar refractivity (Wildman–Crippen MR) is 111 cm³/mol. The van der Waals surface area contributed by atoms with Crippen molar-refractivity contribution in [3.05, 3.63) is 36.3 Å². The van der Waals surface area contributed by atoms with Gasteiger partial charge in [-0.3, -0.25) is 9.69 Å². The van der Waals surface area contributed by atoms with E-state index in [0.717, 1.165) is 10.7 Å². The molecule has 2 aliphatic heterocycles. The fourth-order valence-electron chi connectivity index (χ4n) is 4.74. The third kappa shape index (κ3) is 4.03. The molecule has 0 saturated carbocycles. The summed E-state index contributed by atoms with van der Waals surface area (Å²) in [5, 5.41) is 3.88. The molecule has 3 aromatic heterocycles. The summed E-state index contributed by atoms with van der Waals surface area (Å²) in [5.41, 5.74) is -0.689. The first-order chi connectivity index (χ1) is 16.2. The van der Waals surface area contributed by atoms with Crippen molar-refractivity contribution in [2.24, 2.45) is 5.41 Å². The molecule has 0 bridgehead atoms. The Labute approximate surface area is 190 Å². The van der Waals surface area contributed by atoms with Crippen LogP contribution in [0.15, 0.2) is 30.7 Å². The van der Waals surface area contributed by atoms with Crippen molar-refractivity contribution in [2.45, 2.75) is 38.4 Å². The van der Waals surface area contributed by atoms with Crippen LogP contribution in [0.4, 0.5) is 33.6 Å². The van der Waals surface area contributed by atoms with Crippen LogP contribution < -0.4 is 9.80 Å². The largest absolute Gasteiger partial charge is 0.419 e. The summed E-state index contributed by atoms with van der Waals surface area (Å²) in [6, 6.07) is 2.28. The van der Waals surface area contributed by atoms with Gasteiger partial charge in [0.15, 0.2) is 11.5 Å². The van der Waals surface area contributed by atoms with Crippen molar-refractivity contribution in [3.63, 3.8) is 0 Å². The first kappa shape index (κ1) is 22.4. The van der Waals surface area contributed by atoms with Crippen molar-refractivity contribution in [3.8, 4) is 0 Å². The average molecular weight is 481 g/mol. The lowest BCUT2D eigenvalue weighted by atomic mass is 9.77. The van der Waals surface area contributed by atoms with Crippen LogP contribution in [-0.4, -0.2) is 56.7 Å². The summed E-state index contributed by atoms with van der Waals surface area (Å²) in [5.74, 6) is -0.0395. The van der Waals surface area contributed by atoms with Gasteiger partial charge in [-0.05, 0) is 25.0 Å². The lowest BCUT2D eigenvalue weighted by molar-refractivity contribution is -0.137. The van der Waals surface area contributed by atoms with Crippen LogP contribution in [-0.2, 0) is 17.5 Å². The minimum absolute atomic E-state index is 0.102. The zero-order chi connectivity index (χ0) is 24.1. The number of rotatable bonds is 4. The first-order valence-electron chi connectivity index (χ1n) is 10.7. The normalized spacial score (nSPS) is 18.6. The maximum Gasteiger partial charge on any atom is 0.419 e. The van der Waals surface area contributed by atoms with Crippen molar-refractivity contribution >= 4 is 28.7 Å². The molecule has 180 valence electrons. The second-order valence-electron chi connectivity index (χ2n) is 8.67. The van der Waals surface area contributed by atoms with Gasteiger partial charge in [0.2, 0.25) is 5.91 Å². The number of alkyl halides is 5. The molecule has 8 nitrogen and oxygen atoms in total. The third-order valence-corrected chi connectivity index (χ3v) is 6.46. The van der Waals surface area contributed by atoms with Crippen molar-refractivity contribution in [1.82, 2.24) is 24.7 Å². The molecule has 0 unspecified atom stereocenters. The summed E-state index contributed by atoms with van der Waals surface area (Å²) in [6.45, 7) is 0.347. The highest BCUT2D eigenvalue weighted by atomic mass is 19.4. The molecular weight excluding hydrogens is 461 g/mol. The molecule has 2 aliphatic rings. The van der Waals surface area contributed by atoms with Gasteiger partial charge >= 0.3 is 6.18 Å². The van der Waals surface area contributed by atoms with Gasteiger partial charge in [0.25, 0.3) is 6.43 Å². The molecule has 2 saturated heterocycles. The molecular formula is C21H20F5N7O. The molecule has 5 heterocycles. The van der Waals surface area contributed by atoms with Gasteiger partial charge in [-0.1, -0.05) is 0 Å². The Morgan fingerprint density at radius 3 is 2.59 bits per heavy atom. The van der Waals surface area contributed by atoms with Crippen LogP contribution in [0, 0.1) is 5.41 Å². The van der Waals surface area contributed by atoms with E-state index in [2.05, 4.69) is 20.1 Å². The minimum Gasteiger partial charge on any atom is -0.356 e. The number of piperidine rings is 1. The molecule has 13 heteroatoms. The monoisotopic (exact) mass is 481 g/mol. The van der Waals surface area contributed by atoms with E-state index in [9.17, 15) is 26.7 Å². The van der Waals surface area contributed by atoms with Gasteiger partial charge < -0.3 is 4.90 Å². The summed E-state index contributed by atoms with van der Waals surface area (Å²) in [4.78, 5) is 28.5. The lowest BCUT2D eigenvalue weighted by Gasteiger charge is -2.39. The number of amides is 1. The predicted octanol–water partition coefficient (Wildman–Crippen LogP) is 3.53. The highest BCUT2D eigenvalue weighted by Crippen LogP contribution is 2.44. The Hall–Kier alpha value is -3.38. The molecule has 0 aliphatic carbocycles. The van der Waals surface area contributed by atoms with Crippen LogP contribution in [0.3, 0.4) is 0 Å². The van der Waals surface area contributed by atoms with Gasteiger partial charge in [0.05, 0.1) is 18.0 Å². The van der Waals surface area contributed by atoms with E-state index in [1.165, 1.54) is 29.6 Å². The summed E-state index contributed by atoms with van der Waals surface area (Å²) in [6.07, 6.45) is -1.81. The molecule has 5 rings (SSSR count). The first-order valence-corrected chi connectivity index (χ1v) is 10.7. The quantitative estimate of drug-likeness (QED) is 0.531. The number of anilines is 2. The second kappa shape index (κ2) is 8.13. The SMILES string of the molecule is O=C1CC2(CCN(c3ncccc3C(F)(F)F)CC2)CN1c1cnc2cnn(CC(F)F)c2n1. The van der Waals surface area contributed by atoms with Crippen LogP contribution in [0.2, 0.25) is 0 Å². The molecule has 1 amide bonds. The maximum absolute atomic E-state index is 13.4. The van der Waals surface area contributed by atoms with E-state index < -0.39 is 30.1 Å². The van der Waals surface area contributed by atoms with Crippen molar-refractivity contribution in [2.75, 3.05) is 29.4 Å². The topological polar surface area (TPSA) is 80.0 Å². The van der Waals surface area contributed by atoms with Crippen molar-refractivity contribution in [1.29, 1.82) is 0 Å². The molecule has 0 atom stereocenters. The van der Waals surface area contributed by atoms with Gasteiger partial charge in [0.1, 0.15) is 17.9 Å². The number of fused-ring (bicyclic) bond motifs is 1. The Morgan fingerprint density at radius 2 is 1.88 bits per heavy atom. The third-order valence-electron chi connectivity index (χ3n) is 6.46. The zero-order valence-electron chi connectivity index (χ0n) is 17.8. The van der Waals surface area contributed by atoms with E-state index in [1.807, 2.05) is 0 Å². The fraction of sp³-hybridized carbons (Fsp3) is 0.476. The highest BCUT2D eigenvalue weighted by Gasteiger charge is 2.47. The van der Waals surface area contributed by atoms with Crippen LogP contribution in [0.25, 0.3) is 11.2 Å². The lowest BCUT2D eigenvalue weighted by Crippen LogP contribution is -2.42. The van der Waals surface area contributed by atoms with Gasteiger partial charge in [-0.15, -0.1) is 0 Å². The summed E-state index contributed by atoms with van der Waals surface area (Å²) >= 11 is 0. The van der Waals surface area contributed by atoms with E-state index in [-0.39, 0.29) is 29.6 Å². The summed E-state index contributed by atoms with van der Waals surface area (Å²) < 4.78 is 66.9. The van der Waals surface area contributed by atoms with E-state index >= 15 is 0 Å². The smallest absolute Gasteiger partial charge is 0.356 e. The fourth-order valence-corrected chi connectivity index (χ4v) is 4.74. The number of nitrogens with zero attached hydrogens (tertiary/aromatic N) is 7. The molecule has 1 spiro atoms. The second-order valence-corrected chi connectivity index (χ2v) is 8.67. The molecule has 3 aromatic rings. The molecule has 2 fully saturated rings.